The summed E-state index contributed by atoms with van der Waals surface area (Å²) in [5.74, 6) is -0.413. The van der Waals surface area contributed by atoms with Gasteiger partial charge in [-0.25, -0.2) is 8.78 Å². The van der Waals surface area contributed by atoms with E-state index in [1.54, 1.807) is 30.4 Å². The molecular weight excluding hydrogens is 350 g/mol. The van der Waals surface area contributed by atoms with Gasteiger partial charge in [-0.3, -0.25) is 0 Å². The number of benzene rings is 3. The molecule has 0 spiro atoms. The lowest BCUT2D eigenvalue weighted by molar-refractivity contribution is 0.597. The summed E-state index contributed by atoms with van der Waals surface area (Å²) in [6.07, 6.45) is 3.94. The Labute approximate surface area is 157 Å². The molecule has 0 radical (unpaired) electrons. The molecule has 0 nitrogen and oxygen atoms in total. The highest BCUT2D eigenvalue weighted by Gasteiger charge is 2.10. The Morgan fingerprint density at radius 2 is 1.65 bits per heavy atom. The SMILES string of the molecule is C[C@@H](Cc1ccc(C=Cc2ccc(Cl)cc2F)cc1F)c1ccccc1. The van der Waals surface area contributed by atoms with Gasteiger partial charge in [-0.2, -0.15) is 0 Å². The van der Waals surface area contributed by atoms with Crippen molar-refractivity contribution in [2.75, 3.05) is 0 Å². The van der Waals surface area contributed by atoms with Crippen molar-refractivity contribution in [3.63, 3.8) is 0 Å². The van der Waals surface area contributed by atoms with E-state index in [9.17, 15) is 8.78 Å². The molecule has 0 heterocycles. The minimum atomic E-state index is -0.400. The van der Waals surface area contributed by atoms with Gasteiger partial charge in [0.25, 0.3) is 0 Å². The molecule has 0 bridgehead atoms. The molecule has 0 amide bonds. The molecular formula is C23H19ClF2. The lowest BCUT2D eigenvalue weighted by Crippen LogP contribution is -2.00. The van der Waals surface area contributed by atoms with E-state index < -0.39 is 5.82 Å². The molecule has 0 aliphatic heterocycles. The van der Waals surface area contributed by atoms with E-state index in [0.717, 1.165) is 0 Å². The van der Waals surface area contributed by atoms with Crippen molar-refractivity contribution >= 4 is 23.8 Å². The average Bonchev–Trinajstić information content (AvgIpc) is 2.63. The summed E-state index contributed by atoms with van der Waals surface area (Å²) in [5.41, 5.74) is 2.97. The van der Waals surface area contributed by atoms with Gasteiger partial charge in [0.2, 0.25) is 0 Å². The zero-order chi connectivity index (χ0) is 18.5. The molecule has 3 aromatic carbocycles. The lowest BCUT2D eigenvalue weighted by atomic mass is 9.93. The third-order valence-electron chi connectivity index (χ3n) is 4.39. The van der Waals surface area contributed by atoms with E-state index in [-0.39, 0.29) is 11.7 Å². The Morgan fingerprint density at radius 1 is 0.885 bits per heavy atom. The zero-order valence-corrected chi connectivity index (χ0v) is 15.2. The summed E-state index contributed by atoms with van der Waals surface area (Å²) in [4.78, 5) is 0. The van der Waals surface area contributed by atoms with Crippen molar-refractivity contribution in [2.45, 2.75) is 19.3 Å². The molecule has 3 heteroatoms. The molecule has 0 fully saturated rings. The highest BCUT2D eigenvalue weighted by molar-refractivity contribution is 6.30. The fourth-order valence-electron chi connectivity index (χ4n) is 2.88. The maximum Gasteiger partial charge on any atom is 0.131 e. The molecule has 0 saturated heterocycles. The highest BCUT2D eigenvalue weighted by Crippen LogP contribution is 2.23. The van der Waals surface area contributed by atoms with Gasteiger partial charge in [-0.1, -0.05) is 79.2 Å². The molecule has 3 rings (SSSR count). The van der Waals surface area contributed by atoms with Gasteiger partial charge in [-0.05, 0) is 47.2 Å². The minimum Gasteiger partial charge on any atom is -0.207 e. The largest absolute Gasteiger partial charge is 0.207 e. The Bertz CT molecular complexity index is 917. The third kappa shape index (κ3) is 4.59. The molecule has 0 N–H and O–H groups in total. The fraction of sp³-hybridized carbons (Fsp3) is 0.130. The van der Waals surface area contributed by atoms with Crippen molar-refractivity contribution in [1.29, 1.82) is 0 Å². The molecule has 132 valence electrons. The van der Waals surface area contributed by atoms with E-state index in [0.29, 0.717) is 28.1 Å². The van der Waals surface area contributed by atoms with Crippen LogP contribution in [0.1, 0.15) is 35.1 Å². The summed E-state index contributed by atoms with van der Waals surface area (Å²) >= 11 is 5.74. The van der Waals surface area contributed by atoms with E-state index in [2.05, 4.69) is 19.1 Å². The Kier molecular flexibility index (Phi) is 5.85. The first-order valence-corrected chi connectivity index (χ1v) is 8.87. The Morgan fingerprint density at radius 3 is 2.35 bits per heavy atom. The normalized spacial score (nSPS) is 12.5. The summed E-state index contributed by atoms with van der Waals surface area (Å²) < 4.78 is 28.3. The quantitative estimate of drug-likeness (QED) is 0.420. The van der Waals surface area contributed by atoms with Crippen molar-refractivity contribution in [3.05, 3.63) is 106 Å². The van der Waals surface area contributed by atoms with Gasteiger partial charge in [0.1, 0.15) is 11.6 Å². The first kappa shape index (κ1) is 18.3. The smallest absolute Gasteiger partial charge is 0.131 e. The molecule has 0 saturated carbocycles. The van der Waals surface area contributed by atoms with Crippen LogP contribution in [0.2, 0.25) is 5.02 Å². The second-order valence-electron chi connectivity index (χ2n) is 6.37. The highest BCUT2D eigenvalue weighted by atomic mass is 35.5. The van der Waals surface area contributed by atoms with Crippen molar-refractivity contribution in [3.8, 4) is 0 Å². The zero-order valence-electron chi connectivity index (χ0n) is 14.4. The summed E-state index contributed by atoms with van der Waals surface area (Å²) in [5, 5.41) is 0.350. The van der Waals surface area contributed by atoms with Gasteiger partial charge in [0.15, 0.2) is 0 Å². The lowest BCUT2D eigenvalue weighted by Gasteiger charge is -2.13. The maximum absolute atomic E-state index is 14.5. The molecule has 26 heavy (non-hydrogen) atoms. The summed E-state index contributed by atoms with van der Waals surface area (Å²) in [6.45, 7) is 2.09. The first-order valence-electron chi connectivity index (χ1n) is 8.49. The molecule has 0 unspecified atom stereocenters. The van der Waals surface area contributed by atoms with Crippen LogP contribution in [-0.4, -0.2) is 0 Å². The molecule has 0 aromatic heterocycles. The van der Waals surface area contributed by atoms with Gasteiger partial charge >= 0.3 is 0 Å². The van der Waals surface area contributed by atoms with E-state index >= 15 is 0 Å². The van der Waals surface area contributed by atoms with Crippen LogP contribution in [0.3, 0.4) is 0 Å². The molecule has 3 aromatic rings. The predicted octanol–water partition coefficient (Wildman–Crippen LogP) is 7.13. The summed E-state index contributed by atoms with van der Waals surface area (Å²) in [7, 11) is 0. The van der Waals surface area contributed by atoms with Crippen LogP contribution in [0.4, 0.5) is 8.78 Å². The first-order chi connectivity index (χ1) is 12.5. The molecule has 0 aliphatic carbocycles. The van der Waals surface area contributed by atoms with Crippen LogP contribution in [0.15, 0.2) is 66.7 Å². The number of hydrogen-bond donors (Lipinski definition) is 0. The second kappa shape index (κ2) is 8.29. The number of hydrogen-bond acceptors (Lipinski definition) is 0. The monoisotopic (exact) mass is 368 g/mol. The third-order valence-corrected chi connectivity index (χ3v) is 4.62. The Balaban J connectivity index is 1.74. The number of rotatable bonds is 5. The topological polar surface area (TPSA) is 0 Å². The van der Waals surface area contributed by atoms with Gasteiger partial charge < -0.3 is 0 Å². The van der Waals surface area contributed by atoms with E-state index in [1.165, 1.54) is 17.7 Å². The van der Waals surface area contributed by atoms with E-state index in [4.69, 9.17) is 11.6 Å². The van der Waals surface area contributed by atoms with Crippen LogP contribution in [0.25, 0.3) is 12.2 Å². The predicted molar refractivity (Wildman–Crippen MR) is 105 cm³/mol. The van der Waals surface area contributed by atoms with Crippen LogP contribution < -0.4 is 0 Å². The fourth-order valence-corrected chi connectivity index (χ4v) is 3.04. The average molecular weight is 369 g/mol. The molecule has 1 atom stereocenters. The van der Waals surface area contributed by atoms with E-state index in [1.807, 2.05) is 24.3 Å². The van der Waals surface area contributed by atoms with Crippen LogP contribution in [-0.2, 0) is 6.42 Å². The standard InChI is InChI=1S/C23H19ClF2/c1-16(18-5-3-2-4-6-18)13-20-10-8-17(14-22(20)25)7-9-19-11-12-21(24)15-23(19)26/h2-12,14-16H,13H2,1H3/t16-/m0/s1. The maximum atomic E-state index is 14.5. The molecule has 0 aliphatic rings. The van der Waals surface area contributed by atoms with Crippen LogP contribution in [0, 0.1) is 11.6 Å². The second-order valence-corrected chi connectivity index (χ2v) is 6.80. The van der Waals surface area contributed by atoms with Gasteiger partial charge in [0.05, 0.1) is 0 Å². The van der Waals surface area contributed by atoms with Crippen molar-refractivity contribution in [1.82, 2.24) is 0 Å². The van der Waals surface area contributed by atoms with Crippen molar-refractivity contribution in [2.24, 2.45) is 0 Å². The summed E-state index contributed by atoms with van der Waals surface area (Å²) in [6, 6.07) is 19.7. The van der Waals surface area contributed by atoms with Crippen LogP contribution in [0.5, 0.6) is 0 Å². The number of halogens is 3. The minimum absolute atomic E-state index is 0.232. The Hall–Kier alpha value is -2.45. The van der Waals surface area contributed by atoms with Gasteiger partial charge in [0, 0.05) is 10.6 Å². The van der Waals surface area contributed by atoms with Crippen molar-refractivity contribution < 1.29 is 8.78 Å². The van der Waals surface area contributed by atoms with Gasteiger partial charge in [-0.15, -0.1) is 0 Å². The van der Waals surface area contributed by atoms with Crippen LogP contribution >= 0.6 is 11.6 Å².